The number of amides is 2. The summed E-state index contributed by atoms with van der Waals surface area (Å²) in [7, 11) is 0. The number of halogens is 4. The summed E-state index contributed by atoms with van der Waals surface area (Å²) in [5.41, 5.74) is -1.44. The van der Waals surface area contributed by atoms with Crippen LogP contribution < -0.4 is 0 Å². The first-order valence-electron chi connectivity index (χ1n) is 6.66. The Morgan fingerprint density at radius 1 is 0.957 bits per heavy atom. The minimum Gasteiger partial charge on any atom is -0.335 e. The number of piperazine rings is 1. The van der Waals surface area contributed by atoms with Crippen LogP contribution in [0, 0.1) is 0 Å². The van der Waals surface area contributed by atoms with E-state index in [9.17, 15) is 27.6 Å². The molecule has 0 bridgehead atoms. The van der Waals surface area contributed by atoms with Crippen LogP contribution in [0.3, 0.4) is 0 Å². The Kier molecular flexibility index (Phi) is 4.93. The normalized spacial score (nSPS) is 15.5. The lowest BCUT2D eigenvalue weighted by atomic mass is 10.1. The molecule has 1 aliphatic rings. The molecule has 1 heterocycles. The van der Waals surface area contributed by atoms with Crippen LogP contribution >= 0.6 is 11.6 Å². The molecule has 2 rings (SSSR count). The molecule has 124 valence electrons. The summed E-state index contributed by atoms with van der Waals surface area (Å²) < 4.78 is 38.9. The summed E-state index contributed by atoms with van der Waals surface area (Å²) in [5, 5.41) is -1.13. The Bertz CT molecular complexity index is 640. The topological polar surface area (TPSA) is 57.7 Å². The maximum atomic E-state index is 13.0. The van der Waals surface area contributed by atoms with Crippen molar-refractivity contribution in [1.82, 2.24) is 9.80 Å². The summed E-state index contributed by atoms with van der Waals surface area (Å²) in [5.74, 6) is -1.64. The van der Waals surface area contributed by atoms with Crippen LogP contribution in [0.5, 0.6) is 0 Å². The number of hydrogen-bond donors (Lipinski definition) is 0. The zero-order chi connectivity index (χ0) is 17.2. The standard InChI is InChI=1S/C14H12ClF3N2O3/c15-11(21)13(23)20-7-5-19(6-8-20)12(22)9-3-1-2-4-10(9)14(16,17)18/h1-4H,5-8H2. The lowest BCUT2D eigenvalue weighted by Crippen LogP contribution is -2.51. The molecule has 0 atom stereocenters. The van der Waals surface area contributed by atoms with Crippen molar-refractivity contribution in [2.75, 3.05) is 26.2 Å². The van der Waals surface area contributed by atoms with Gasteiger partial charge in [0.05, 0.1) is 11.1 Å². The van der Waals surface area contributed by atoms with Gasteiger partial charge in [0.25, 0.3) is 5.91 Å². The van der Waals surface area contributed by atoms with E-state index in [4.69, 9.17) is 11.6 Å². The molecule has 23 heavy (non-hydrogen) atoms. The molecule has 2 amide bonds. The first-order chi connectivity index (χ1) is 10.7. The molecule has 5 nitrogen and oxygen atoms in total. The zero-order valence-corrected chi connectivity index (χ0v) is 12.5. The van der Waals surface area contributed by atoms with E-state index in [1.165, 1.54) is 17.0 Å². The Labute approximate surface area is 134 Å². The summed E-state index contributed by atoms with van der Waals surface area (Å²) in [6.07, 6.45) is -4.63. The fourth-order valence-corrected chi connectivity index (χ4v) is 2.44. The Morgan fingerprint density at radius 2 is 1.48 bits per heavy atom. The van der Waals surface area contributed by atoms with Gasteiger partial charge in [0, 0.05) is 26.2 Å². The van der Waals surface area contributed by atoms with Crippen molar-refractivity contribution >= 4 is 28.7 Å². The molecule has 9 heteroatoms. The minimum atomic E-state index is -4.63. The number of alkyl halides is 3. The quantitative estimate of drug-likeness (QED) is 0.604. The molecule has 0 aromatic heterocycles. The van der Waals surface area contributed by atoms with Crippen molar-refractivity contribution in [3.63, 3.8) is 0 Å². The van der Waals surface area contributed by atoms with Gasteiger partial charge < -0.3 is 9.80 Å². The van der Waals surface area contributed by atoms with Gasteiger partial charge in [-0.15, -0.1) is 0 Å². The van der Waals surface area contributed by atoms with Crippen LogP contribution in [0.15, 0.2) is 24.3 Å². The van der Waals surface area contributed by atoms with Gasteiger partial charge >= 0.3 is 17.3 Å². The van der Waals surface area contributed by atoms with E-state index in [1.54, 1.807) is 0 Å². The fraction of sp³-hybridized carbons (Fsp3) is 0.357. The highest BCUT2D eigenvalue weighted by Gasteiger charge is 2.36. The number of hydrogen-bond acceptors (Lipinski definition) is 3. The zero-order valence-electron chi connectivity index (χ0n) is 11.8. The first kappa shape index (κ1) is 17.3. The second kappa shape index (κ2) is 6.57. The second-order valence-electron chi connectivity index (χ2n) is 4.90. The predicted octanol–water partition coefficient (Wildman–Crippen LogP) is 1.76. The van der Waals surface area contributed by atoms with E-state index < -0.39 is 34.4 Å². The SMILES string of the molecule is O=C(Cl)C(=O)N1CCN(C(=O)c2ccccc2C(F)(F)F)CC1. The van der Waals surface area contributed by atoms with Gasteiger partial charge in [-0.1, -0.05) is 12.1 Å². The minimum absolute atomic E-state index is 0.0287. The maximum absolute atomic E-state index is 13.0. The lowest BCUT2D eigenvalue weighted by Gasteiger charge is -2.34. The average Bonchev–Trinajstić information content (AvgIpc) is 2.52. The molecule has 0 saturated carbocycles. The number of nitrogens with zero attached hydrogens (tertiary/aromatic N) is 2. The number of carbonyl (C=O) groups is 3. The van der Waals surface area contributed by atoms with Crippen LogP contribution in [0.4, 0.5) is 13.2 Å². The van der Waals surface area contributed by atoms with Gasteiger partial charge in [0.1, 0.15) is 0 Å². The van der Waals surface area contributed by atoms with Crippen molar-refractivity contribution in [3.8, 4) is 0 Å². The van der Waals surface area contributed by atoms with E-state index in [2.05, 4.69) is 0 Å². The summed E-state index contributed by atoms with van der Waals surface area (Å²) in [4.78, 5) is 36.9. The van der Waals surface area contributed by atoms with Crippen LogP contribution in [0.25, 0.3) is 0 Å². The van der Waals surface area contributed by atoms with E-state index in [0.717, 1.165) is 17.0 Å². The Balaban J connectivity index is 2.12. The third-order valence-electron chi connectivity index (χ3n) is 3.49. The Morgan fingerprint density at radius 3 is 2.00 bits per heavy atom. The summed E-state index contributed by atoms with van der Waals surface area (Å²) in [6, 6.07) is 4.53. The molecular weight excluding hydrogens is 337 g/mol. The van der Waals surface area contributed by atoms with Gasteiger partial charge in [-0.05, 0) is 23.7 Å². The van der Waals surface area contributed by atoms with Crippen LogP contribution in [0.1, 0.15) is 15.9 Å². The molecular formula is C14H12ClF3N2O3. The Hall–Kier alpha value is -2.09. The molecule has 1 aromatic carbocycles. The molecule has 0 N–H and O–H groups in total. The van der Waals surface area contributed by atoms with E-state index in [1.807, 2.05) is 0 Å². The summed E-state index contributed by atoms with van der Waals surface area (Å²) >= 11 is 5.09. The molecule has 1 aromatic rings. The third-order valence-corrected chi connectivity index (χ3v) is 3.65. The highest BCUT2D eigenvalue weighted by atomic mass is 35.5. The van der Waals surface area contributed by atoms with Gasteiger partial charge in [-0.3, -0.25) is 14.4 Å². The third kappa shape index (κ3) is 3.82. The largest absolute Gasteiger partial charge is 0.417 e. The molecule has 0 aliphatic carbocycles. The smallest absolute Gasteiger partial charge is 0.335 e. The monoisotopic (exact) mass is 348 g/mol. The van der Waals surface area contributed by atoms with Gasteiger partial charge in [0.15, 0.2) is 0 Å². The van der Waals surface area contributed by atoms with Crippen molar-refractivity contribution in [2.24, 2.45) is 0 Å². The highest BCUT2D eigenvalue weighted by molar-refractivity contribution is 6.80. The van der Waals surface area contributed by atoms with Crippen LogP contribution in [-0.2, 0) is 15.8 Å². The number of benzene rings is 1. The van der Waals surface area contributed by atoms with Gasteiger partial charge in [-0.2, -0.15) is 13.2 Å². The van der Waals surface area contributed by atoms with E-state index >= 15 is 0 Å². The van der Waals surface area contributed by atoms with Crippen molar-refractivity contribution < 1.29 is 27.6 Å². The molecule has 1 aliphatic heterocycles. The van der Waals surface area contributed by atoms with Crippen molar-refractivity contribution in [2.45, 2.75) is 6.18 Å². The van der Waals surface area contributed by atoms with Crippen molar-refractivity contribution in [3.05, 3.63) is 35.4 Å². The molecule has 1 saturated heterocycles. The molecule has 0 spiro atoms. The lowest BCUT2D eigenvalue weighted by molar-refractivity contribution is -0.141. The predicted molar refractivity (Wildman–Crippen MR) is 74.8 cm³/mol. The number of carbonyl (C=O) groups excluding carboxylic acids is 3. The van der Waals surface area contributed by atoms with E-state index in [-0.39, 0.29) is 26.2 Å². The van der Waals surface area contributed by atoms with Crippen LogP contribution in [-0.4, -0.2) is 53.0 Å². The van der Waals surface area contributed by atoms with Crippen molar-refractivity contribution in [1.29, 1.82) is 0 Å². The molecule has 0 unspecified atom stereocenters. The average molecular weight is 349 g/mol. The second-order valence-corrected chi connectivity index (χ2v) is 5.24. The maximum Gasteiger partial charge on any atom is 0.417 e. The number of rotatable bonds is 2. The highest BCUT2D eigenvalue weighted by Crippen LogP contribution is 2.32. The first-order valence-corrected chi connectivity index (χ1v) is 7.04. The van der Waals surface area contributed by atoms with Gasteiger partial charge in [-0.25, -0.2) is 0 Å². The fourth-order valence-electron chi connectivity index (χ4n) is 2.32. The molecule has 0 radical (unpaired) electrons. The van der Waals surface area contributed by atoms with Gasteiger partial charge in [0.2, 0.25) is 0 Å². The van der Waals surface area contributed by atoms with Crippen LogP contribution in [0.2, 0.25) is 0 Å². The van der Waals surface area contributed by atoms with E-state index in [0.29, 0.717) is 0 Å². The summed E-state index contributed by atoms with van der Waals surface area (Å²) in [6.45, 7) is 0.135. The molecule has 1 fully saturated rings.